The van der Waals surface area contributed by atoms with Gasteiger partial charge < -0.3 is 4.74 Å². The molecule has 0 spiro atoms. The topological polar surface area (TPSA) is 83.2 Å². The van der Waals surface area contributed by atoms with Crippen molar-refractivity contribution in [3.05, 3.63) is 74.6 Å². The molecule has 2 aromatic heterocycles. The largest absolute Gasteiger partial charge is 0.462 e. The molecule has 7 heteroatoms. The summed E-state index contributed by atoms with van der Waals surface area (Å²) in [5, 5.41) is 0.198. The summed E-state index contributed by atoms with van der Waals surface area (Å²) in [6, 6.07) is 10.6. The molecule has 0 saturated heterocycles. The molecule has 0 atom stereocenters. The average molecular weight is 369 g/mol. The lowest BCUT2D eigenvalue weighted by atomic mass is 10.2. The predicted molar refractivity (Wildman–Crippen MR) is 104 cm³/mol. The first-order valence-electron chi connectivity index (χ1n) is 8.83. The Morgan fingerprint density at radius 2 is 1.81 bits per heavy atom. The summed E-state index contributed by atoms with van der Waals surface area (Å²) >= 11 is 0. The molecule has 0 fully saturated rings. The summed E-state index contributed by atoms with van der Waals surface area (Å²) in [5.74, 6) is -0.556. The quantitative estimate of drug-likeness (QED) is 0.659. The molecule has 27 heavy (non-hydrogen) atoms. The zero-order chi connectivity index (χ0) is 20.0. The van der Waals surface area contributed by atoms with E-state index in [1.54, 1.807) is 14.0 Å². The van der Waals surface area contributed by atoms with Crippen molar-refractivity contribution < 1.29 is 9.53 Å². The number of pyridine rings is 1. The van der Waals surface area contributed by atoms with Gasteiger partial charge in [0.1, 0.15) is 5.65 Å². The second-order valence-electron chi connectivity index (χ2n) is 5.53. The van der Waals surface area contributed by atoms with Gasteiger partial charge in [-0.1, -0.05) is 44.2 Å². The Bertz CT molecular complexity index is 1050. The maximum absolute atomic E-state index is 12.8. The normalized spacial score (nSPS) is 10.2. The van der Waals surface area contributed by atoms with E-state index in [-0.39, 0.29) is 29.7 Å². The van der Waals surface area contributed by atoms with Gasteiger partial charge in [0.05, 0.1) is 24.1 Å². The standard InChI is InChI=1S/C18H17N3O4.C2H6/c1-3-25-17(23)13-9-14-15(19-10-13)20(2)18(24)21(16(14)22)11-12-7-5-4-6-8-12;1-2/h4-10H,3,11H2,1-2H3;1-2H3. The zero-order valence-electron chi connectivity index (χ0n) is 15.9. The van der Waals surface area contributed by atoms with Gasteiger partial charge in [-0.3, -0.25) is 13.9 Å². The zero-order valence-corrected chi connectivity index (χ0v) is 15.9. The summed E-state index contributed by atoms with van der Waals surface area (Å²) in [4.78, 5) is 41.3. The van der Waals surface area contributed by atoms with Gasteiger partial charge in [0.15, 0.2) is 0 Å². The molecule has 0 saturated carbocycles. The fourth-order valence-corrected chi connectivity index (χ4v) is 2.62. The number of ether oxygens (including phenoxy) is 1. The highest BCUT2D eigenvalue weighted by Gasteiger charge is 2.15. The minimum atomic E-state index is -0.556. The smallest absolute Gasteiger partial charge is 0.339 e. The Balaban J connectivity index is 0.00000126. The molecule has 0 aliphatic carbocycles. The van der Waals surface area contributed by atoms with Crippen LogP contribution in [-0.2, 0) is 18.3 Å². The minimum Gasteiger partial charge on any atom is -0.462 e. The molecule has 0 bridgehead atoms. The Hall–Kier alpha value is -3.22. The summed E-state index contributed by atoms with van der Waals surface area (Å²) in [6.07, 6.45) is 1.31. The van der Waals surface area contributed by atoms with Gasteiger partial charge in [0, 0.05) is 13.2 Å². The van der Waals surface area contributed by atoms with Crippen LogP contribution in [0.3, 0.4) is 0 Å². The lowest BCUT2D eigenvalue weighted by molar-refractivity contribution is 0.0526. The maximum Gasteiger partial charge on any atom is 0.339 e. The van der Waals surface area contributed by atoms with E-state index in [9.17, 15) is 14.4 Å². The first-order valence-corrected chi connectivity index (χ1v) is 8.83. The number of carbonyl (C=O) groups is 1. The van der Waals surface area contributed by atoms with E-state index in [4.69, 9.17) is 4.74 Å². The second kappa shape index (κ2) is 8.93. The molecule has 2 heterocycles. The first kappa shape index (κ1) is 20.1. The van der Waals surface area contributed by atoms with Gasteiger partial charge in [0.2, 0.25) is 0 Å². The van der Waals surface area contributed by atoms with Gasteiger partial charge in [-0.05, 0) is 18.6 Å². The van der Waals surface area contributed by atoms with Crippen molar-refractivity contribution in [2.75, 3.05) is 6.61 Å². The molecule has 0 radical (unpaired) electrons. The van der Waals surface area contributed by atoms with E-state index in [0.29, 0.717) is 0 Å². The highest BCUT2D eigenvalue weighted by atomic mass is 16.5. The van der Waals surface area contributed by atoms with Crippen molar-refractivity contribution in [1.29, 1.82) is 0 Å². The molecule has 3 aromatic rings. The van der Waals surface area contributed by atoms with Gasteiger partial charge in [-0.15, -0.1) is 0 Å². The van der Waals surface area contributed by atoms with Crippen LogP contribution < -0.4 is 11.2 Å². The number of hydrogen-bond acceptors (Lipinski definition) is 5. The number of carbonyl (C=O) groups excluding carboxylic acids is 1. The lowest BCUT2D eigenvalue weighted by Crippen LogP contribution is -2.39. The molecule has 0 unspecified atom stereocenters. The molecular formula is C20H23N3O4. The second-order valence-corrected chi connectivity index (χ2v) is 5.53. The van der Waals surface area contributed by atoms with Crippen LogP contribution in [0, 0.1) is 0 Å². The highest BCUT2D eigenvalue weighted by Crippen LogP contribution is 2.09. The van der Waals surface area contributed by atoms with Crippen LogP contribution in [-0.4, -0.2) is 26.7 Å². The van der Waals surface area contributed by atoms with Crippen LogP contribution in [0.25, 0.3) is 11.0 Å². The molecule has 0 N–H and O–H groups in total. The highest BCUT2D eigenvalue weighted by molar-refractivity contribution is 5.92. The summed E-state index contributed by atoms with van der Waals surface area (Å²) in [5.41, 5.74) is 0.289. The average Bonchev–Trinajstić information content (AvgIpc) is 2.71. The summed E-state index contributed by atoms with van der Waals surface area (Å²) in [7, 11) is 1.54. The monoisotopic (exact) mass is 369 g/mol. The number of benzene rings is 1. The van der Waals surface area contributed by atoms with Crippen molar-refractivity contribution in [2.45, 2.75) is 27.3 Å². The van der Waals surface area contributed by atoms with Crippen molar-refractivity contribution in [3.8, 4) is 0 Å². The molecule has 0 aliphatic heterocycles. The van der Waals surface area contributed by atoms with E-state index < -0.39 is 17.2 Å². The lowest BCUT2D eigenvalue weighted by Gasteiger charge is -2.11. The number of hydrogen-bond donors (Lipinski definition) is 0. The van der Waals surface area contributed by atoms with Crippen LogP contribution in [0.2, 0.25) is 0 Å². The van der Waals surface area contributed by atoms with Gasteiger partial charge in [-0.2, -0.15) is 0 Å². The van der Waals surface area contributed by atoms with Crippen LogP contribution >= 0.6 is 0 Å². The van der Waals surface area contributed by atoms with Crippen LogP contribution in [0.15, 0.2) is 52.2 Å². The van der Waals surface area contributed by atoms with Gasteiger partial charge in [-0.25, -0.2) is 14.6 Å². The number of nitrogens with zero attached hydrogens (tertiary/aromatic N) is 3. The number of rotatable bonds is 4. The van der Waals surface area contributed by atoms with E-state index >= 15 is 0 Å². The van der Waals surface area contributed by atoms with E-state index in [1.165, 1.54) is 16.8 Å². The maximum atomic E-state index is 12.8. The predicted octanol–water partition coefficient (Wildman–Crippen LogP) is 2.35. The molecule has 0 aliphatic rings. The van der Waals surface area contributed by atoms with Crippen LogP contribution in [0.1, 0.15) is 36.7 Å². The fourth-order valence-electron chi connectivity index (χ4n) is 2.62. The van der Waals surface area contributed by atoms with Crippen molar-refractivity contribution in [2.24, 2.45) is 7.05 Å². The Morgan fingerprint density at radius 3 is 2.44 bits per heavy atom. The molecule has 7 nitrogen and oxygen atoms in total. The van der Waals surface area contributed by atoms with Gasteiger partial charge in [0.25, 0.3) is 5.56 Å². The Kier molecular flexibility index (Phi) is 6.65. The number of fused-ring (bicyclic) bond motifs is 1. The molecule has 142 valence electrons. The molecular weight excluding hydrogens is 346 g/mol. The van der Waals surface area contributed by atoms with Gasteiger partial charge >= 0.3 is 11.7 Å². The van der Waals surface area contributed by atoms with E-state index in [1.807, 2.05) is 44.2 Å². The number of aryl methyl sites for hydroxylation is 1. The molecule has 1 aromatic carbocycles. The van der Waals surface area contributed by atoms with Crippen molar-refractivity contribution in [3.63, 3.8) is 0 Å². The van der Waals surface area contributed by atoms with Crippen LogP contribution in [0.4, 0.5) is 0 Å². The Morgan fingerprint density at radius 1 is 1.15 bits per heavy atom. The third-order valence-corrected chi connectivity index (χ3v) is 3.87. The molecule has 3 rings (SSSR count). The van der Waals surface area contributed by atoms with Crippen molar-refractivity contribution in [1.82, 2.24) is 14.1 Å². The number of aromatic nitrogens is 3. The first-order chi connectivity index (χ1) is 13.0. The van der Waals surface area contributed by atoms with Crippen LogP contribution in [0.5, 0.6) is 0 Å². The molecule has 0 amide bonds. The fraction of sp³-hybridized carbons (Fsp3) is 0.300. The summed E-state index contributed by atoms with van der Waals surface area (Å²) < 4.78 is 7.37. The Labute approximate surface area is 156 Å². The van der Waals surface area contributed by atoms with E-state index in [2.05, 4.69) is 4.98 Å². The summed E-state index contributed by atoms with van der Waals surface area (Å²) in [6.45, 7) is 6.07. The third-order valence-electron chi connectivity index (χ3n) is 3.87. The van der Waals surface area contributed by atoms with Crippen molar-refractivity contribution >= 4 is 17.0 Å². The third kappa shape index (κ3) is 4.13. The SMILES string of the molecule is CC.CCOC(=O)c1cnc2c(c1)c(=O)n(Cc1ccccc1)c(=O)n2C. The number of esters is 1. The van der Waals surface area contributed by atoms with E-state index in [0.717, 1.165) is 10.1 Å². The minimum absolute atomic E-state index is 0.145.